The van der Waals surface area contributed by atoms with Crippen LogP contribution in [0.1, 0.15) is 6.42 Å². The van der Waals surface area contributed by atoms with Crippen molar-refractivity contribution in [3.63, 3.8) is 0 Å². The number of halogens is 2. The van der Waals surface area contributed by atoms with Crippen LogP contribution >= 0.6 is 35.1 Å². The number of hydrogen-bond donors (Lipinski definition) is 1. The fraction of sp³-hybridized carbons (Fsp3) is 0.667. The Morgan fingerprint density at radius 2 is 2.38 bits per heavy atom. The first-order valence-corrected chi connectivity index (χ1v) is 3.52. The molecule has 0 aromatic carbocycles. The third kappa shape index (κ3) is 1.44. The minimum atomic E-state index is -0.933. The lowest BCUT2D eigenvalue weighted by molar-refractivity contribution is -0.118. The van der Waals surface area contributed by atoms with E-state index < -0.39 is 3.67 Å². The monoisotopic (exact) mass is 171 g/mol. The van der Waals surface area contributed by atoms with E-state index in [1.165, 1.54) is 0 Å². The maximum absolute atomic E-state index is 10.4. The first-order valence-electron chi connectivity index (χ1n) is 1.95. The lowest BCUT2D eigenvalue weighted by atomic mass is 10.5. The summed E-state index contributed by atoms with van der Waals surface area (Å²) in [6.07, 6.45) is 0.181. The second-order valence-corrected chi connectivity index (χ2v) is 4.48. The normalized spacial score (nSPS) is 25.5. The molecule has 0 atom stereocenters. The summed E-state index contributed by atoms with van der Waals surface area (Å²) in [5, 5.41) is 0. The lowest BCUT2D eigenvalue weighted by Crippen LogP contribution is -2.05. The second kappa shape index (κ2) is 1.97. The SMILES string of the molecule is O=C1CC(Cl)(Cl)SN1. The molecule has 2 nitrogen and oxygen atoms in total. The summed E-state index contributed by atoms with van der Waals surface area (Å²) in [6.45, 7) is 0. The van der Waals surface area contributed by atoms with Crippen LogP contribution in [0.15, 0.2) is 0 Å². The maximum Gasteiger partial charge on any atom is 0.233 e. The topological polar surface area (TPSA) is 29.1 Å². The third-order valence-electron chi connectivity index (χ3n) is 0.681. The molecule has 1 N–H and O–H groups in total. The molecule has 0 aliphatic carbocycles. The van der Waals surface area contributed by atoms with Gasteiger partial charge in [-0.2, -0.15) is 0 Å². The first-order chi connectivity index (χ1) is 3.60. The van der Waals surface area contributed by atoms with Gasteiger partial charge in [0.15, 0.2) is 3.67 Å². The van der Waals surface area contributed by atoms with Gasteiger partial charge in [0.2, 0.25) is 5.91 Å². The van der Waals surface area contributed by atoms with Gasteiger partial charge in [-0.3, -0.25) is 9.52 Å². The number of amides is 1. The van der Waals surface area contributed by atoms with E-state index in [2.05, 4.69) is 4.72 Å². The Morgan fingerprint density at radius 3 is 2.50 bits per heavy atom. The Hall–Kier alpha value is 0.400. The summed E-state index contributed by atoms with van der Waals surface area (Å²) in [7, 11) is 0. The molecule has 0 aromatic heterocycles. The lowest BCUT2D eigenvalue weighted by Gasteiger charge is -2.02. The van der Waals surface area contributed by atoms with E-state index in [-0.39, 0.29) is 12.3 Å². The van der Waals surface area contributed by atoms with Crippen molar-refractivity contribution in [1.29, 1.82) is 0 Å². The molecule has 1 saturated heterocycles. The van der Waals surface area contributed by atoms with Crippen molar-refractivity contribution in [2.75, 3.05) is 0 Å². The van der Waals surface area contributed by atoms with Gasteiger partial charge in [0.05, 0.1) is 6.42 Å². The Labute approximate surface area is 61.0 Å². The van der Waals surface area contributed by atoms with Crippen LogP contribution in [0.25, 0.3) is 0 Å². The molecule has 5 heteroatoms. The van der Waals surface area contributed by atoms with Crippen LogP contribution in [0.2, 0.25) is 0 Å². The molecule has 0 aromatic rings. The molecule has 0 saturated carbocycles. The van der Waals surface area contributed by atoms with Gasteiger partial charge in [0, 0.05) is 0 Å². The molecule has 46 valence electrons. The van der Waals surface area contributed by atoms with E-state index in [4.69, 9.17) is 23.2 Å². The molecular weight excluding hydrogens is 169 g/mol. The molecule has 1 rings (SSSR count). The van der Waals surface area contributed by atoms with Gasteiger partial charge in [-0.1, -0.05) is 23.2 Å². The van der Waals surface area contributed by atoms with E-state index in [1.807, 2.05) is 0 Å². The van der Waals surface area contributed by atoms with Crippen LogP contribution in [0.5, 0.6) is 0 Å². The Kier molecular flexibility index (Phi) is 1.61. The third-order valence-corrected chi connectivity index (χ3v) is 2.18. The highest BCUT2D eigenvalue weighted by molar-refractivity contribution is 8.02. The van der Waals surface area contributed by atoms with Gasteiger partial charge in [0.1, 0.15) is 0 Å². The molecule has 0 spiro atoms. The molecule has 8 heavy (non-hydrogen) atoms. The van der Waals surface area contributed by atoms with Crippen molar-refractivity contribution in [2.45, 2.75) is 10.1 Å². The fourth-order valence-corrected chi connectivity index (χ4v) is 1.40. The van der Waals surface area contributed by atoms with E-state index >= 15 is 0 Å². The zero-order valence-corrected chi connectivity index (χ0v) is 6.11. The Bertz CT molecular complexity index is 126. The summed E-state index contributed by atoms with van der Waals surface area (Å²) in [4.78, 5) is 10.4. The van der Waals surface area contributed by atoms with Crippen molar-refractivity contribution >= 4 is 41.1 Å². The summed E-state index contributed by atoms with van der Waals surface area (Å²) >= 11 is 12.1. The fourth-order valence-electron chi connectivity index (χ4n) is 0.391. The average Bonchev–Trinajstić information content (AvgIpc) is 1.82. The van der Waals surface area contributed by atoms with Crippen LogP contribution in [-0.4, -0.2) is 9.57 Å². The maximum atomic E-state index is 10.4. The largest absolute Gasteiger partial charge is 0.298 e. The average molecular weight is 172 g/mol. The van der Waals surface area contributed by atoms with Crippen LogP contribution in [0, 0.1) is 0 Å². The molecule has 1 aliphatic rings. The smallest absolute Gasteiger partial charge is 0.233 e. The van der Waals surface area contributed by atoms with Gasteiger partial charge in [-0.15, -0.1) is 0 Å². The van der Waals surface area contributed by atoms with Gasteiger partial charge in [-0.25, -0.2) is 0 Å². The van der Waals surface area contributed by atoms with Crippen molar-refractivity contribution < 1.29 is 4.79 Å². The number of hydrogen-bond acceptors (Lipinski definition) is 2. The number of nitrogens with one attached hydrogen (secondary N) is 1. The van der Waals surface area contributed by atoms with E-state index in [9.17, 15) is 4.79 Å². The van der Waals surface area contributed by atoms with E-state index in [0.29, 0.717) is 0 Å². The number of carbonyl (C=O) groups excluding carboxylic acids is 1. The Balaban J connectivity index is 2.56. The number of alkyl halides is 2. The molecule has 1 aliphatic heterocycles. The van der Waals surface area contributed by atoms with Crippen molar-refractivity contribution in [3.8, 4) is 0 Å². The van der Waals surface area contributed by atoms with Crippen LogP contribution < -0.4 is 4.72 Å². The van der Waals surface area contributed by atoms with Gasteiger partial charge < -0.3 is 0 Å². The standard InChI is InChI=1S/C3H3Cl2NOS/c4-3(5)1-2(7)6-8-3/h1H2,(H,6,7). The minimum absolute atomic E-state index is 0.111. The summed E-state index contributed by atoms with van der Waals surface area (Å²) in [6, 6.07) is 0. The second-order valence-electron chi connectivity index (χ2n) is 1.44. The highest BCUT2D eigenvalue weighted by Crippen LogP contribution is 2.40. The van der Waals surface area contributed by atoms with E-state index in [1.54, 1.807) is 0 Å². The van der Waals surface area contributed by atoms with Gasteiger partial charge >= 0.3 is 0 Å². The Morgan fingerprint density at radius 1 is 1.75 bits per heavy atom. The molecule has 1 amide bonds. The van der Waals surface area contributed by atoms with Crippen molar-refractivity contribution in [1.82, 2.24) is 4.72 Å². The molecule has 0 bridgehead atoms. The molecule has 1 fully saturated rings. The minimum Gasteiger partial charge on any atom is -0.298 e. The molecule has 0 unspecified atom stereocenters. The quantitative estimate of drug-likeness (QED) is 0.440. The van der Waals surface area contributed by atoms with Crippen LogP contribution in [-0.2, 0) is 4.79 Å². The molecule has 1 heterocycles. The predicted molar refractivity (Wildman–Crippen MR) is 34.8 cm³/mol. The summed E-state index contributed by atoms with van der Waals surface area (Å²) in [5.74, 6) is -0.111. The zero-order chi connectivity index (χ0) is 6.20. The van der Waals surface area contributed by atoms with E-state index in [0.717, 1.165) is 11.9 Å². The predicted octanol–water partition coefficient (Wildman–Crippen LogP) is 1.29. The first kappa shape index (κ1) is 6.52. The number of rotatable bonds is 0. The van der Waals surface area contributed by atoms with Crippen LogP contribution in [0.3, 0.4) is 0 Å². The summed E-state index contributed by atoms with van der Waals surface area (Å²) < 4.78 is 1.49. The molecule has 0 radical (unpaired) electrons. The van der Waals surface area contributed by atoms with Gasteiger partial charge in [0.25, 0.3) is 0 Å². The summed E-state index contributed by atoms with van der Waals surface area (Å²) in [5.41, 5.74) is 0. The van der Waals surface area contributed by atoms with Crippen LogP contribution in [0.4, 0.5) is 0 Å². The zero-order valence-electron chi connectivity index (χ0n) is 3.78. The molecular formula is C3H3Cl2NOS. The van der Waals surface area contributed by atoms with Crippen molar-refractivity contribution in [2.24, 2.45) is 0 Å². The van der Waals surface area contributed by atoms with Gasteiger partial charge in [-0.05, 0) is 11.9 Å². The highest BCUT2D eigenvalue weighted by atomic mass is 35.5. The highest BCUT2D eigenvalue weighted by Gasteiger charge is 2.35. The number of carbonyl (C=O) groups is 1. The van der Waals surface area contributed by atoms with Crippen molar-refractivity contribution in [3.05, 3.63) is 0 Å².